The molecule has 0 spiro atoms. The van der Waals surface area contributed by atoms with Crippen molar-refractivity contribution < 1.29 is 32.2 Å². The second-order valence-corrected chi connectivity index (χ2v) is 12.9. The number of nitrogens with zero attached hydrogens (tertiary/aromatic N) is 2. The molecule has 10 nitrogen and oxygen atoms in total. The second kappa shape index (κ2) is 13.1. The number of urea groups is 1. The zero-order chi connectivity index (χ0) is 32.3. The summed E-state index contributed by atoms with van der Waals surface area (Å²) >= 11 is 0. The van der Waals surface area contributed by atoms with E-state index in [1.54, 1.807) is 14.0 Å². The summed E-state index contributed by atoms with van der Waals surface area (Å²) in [6, 6.07) is 21.3. The third kappa shape index (κ3) is 6.86. The van der Waals surface area contributed by atoms with Crippen LogP contribution in [-0.2, 0) is 10.0 Å². The minimum absolute atomic E-state index is 0.00346. The Kier molecular flexibility index (Phi) is 9.26. The molecule has 45 heavy (non-hydrogen) atoms. The lowest BCUT2D eigenvalue weighted by Crippen LogP contribution is -2.50. The number of likely N-dealkylation sites (N-methyl/N-ethyl adjacent to an activating group) is 1. The number of aliphatic hydroxyl groups excluding tert-OH is 1. The highest BCUT2D eigenvalue weighted by Crippen LogP contribution is 2.36. The fourth-order valence-electron chi connectivity index (χ4n) is 5.26. The first-order chi connectivity index (χ1) is 21.5. The molecular weight excluding hydrogens is 599 g/mol. The third-order valence-electron chi connectivity index (χ3n) is 7.89. The largest absolute Gasteiger partial charge is 0.485 e. The van der Waals surface area contributed by atoms with Crippen LogP contribution in [0, 0.1) is 11.7 Å². The lowest BCUT2D eigenvalue weighted by Gasteiger charge is -2.38. The van der Waals surface area contributed by atoms with Gasteiger partial charge >= 0.3 is 6.03 Å². The molecule has 3 atom stereocenters. The van der Waals surface area contributed by atoms with Crippen molar-refractivity contribution in [2.75, 3.05) is 36.8 Å². The van der Waals surface area contributed by atoms with Gasteiger partial charge in [-0.15, -0.1) is 0 Å². The van der Waals surface area contributed by atoms with E-state index in [0.29, 0.717) is 5.69 Å². The Balaban J connectivity index is 1.47. The predicted octanol–water partition coefficient (Wildman–Crippen LogP) is 5.16. The topological polar surface area (TPSA) is 128 Å². The molecule has 5 rings (SSSR count). The highest BCUT2D eigenvalue weighted by atomic mass is 32.2. The van der Waals surface area contributed by atoms with Gasteiger partial charge in [0.05, 0.1) is 41.0 Å². The van der Waals surface area contributed by atoms with Crippen LogP contribution in [0.1, 0.15) is 24.2 Å². The maximum atomic E-state index is 13.7. The maximum absolute atomic E-state index is 13.7. The number of para-hydroxylation sites is 1. The lowest BCUT2D eigenvalue weighted by atomic mass is 9.99. The minimum Gasteiger partial charge on any atom is -0.485 e. The molecule has 3 N–H and O–H groups in total. The molecule has 0 saturated carbocycles. The quantitative estimate of drug-likeness (QED) is 0.246. The fourth-order valence-corrected chi connectivity index (χ4v) is 6.32. The number of hydrogen-bond acceptors (Lipinski definition) is 6. The molecule has 0 saturated heterocycles. The molecule has 0 unspecified atom stereocenters. The molecule has 0 aromatic heterocycles. The van der Waals surface area contributed by atoms with Crippen LogP contribution in [-0.4, -0.2) is 74.2 Å². The number of halogens is 1. The molecule has 1 heterocycles. The van der Waals surface area contributed by atoms with E-state index in [1.165, 1.54) is 28.0 Å². The van der Waals surface area contributed by atoms with Crippen LogP contribution in [0.3, 0.4) is 0 Å². The monoisotopic (exact) mass is 634 g/mol. The maximum Gasteiger partial charge on any atom is 0.321 e. The van der Waals surface area contributed by atoms with Crippen molar-refractivity contribution in [2.45, 2.75) is 30.9 Å². The molecule has 236 valence electrons. The van der Waals surface area contributed by atoms with E-state index < -0.39 is 33.9 Å². The zero-order valence-corrected chi connectivity index (χ0v) is 25.9. The van der Waals surface area contributed by atoms with Crippen molar-refractivity contribution in [3.8, 4) is 5.75 Å². The molecule has 12 heteroatoms. The van der Waals surface area contributed by atoms with Gasteiger partial charge in [0.1, 0.15) is 11.9 Å². The van der Waals surface area contributed by atoms with Crippen molar-refractivity contribution in [1.82, 2.24) is 9.80 Å². The van der Waals surface area contributed by atoms with Crippen LogP contribution in [0.4, 0.5) is 20.6 Å². The fraction of sp³-hybridized carbons (Fsp3) is 0.273. The van der Waals surface area contributed by atoms with Crippen LogP contribution in [0.2, 0.25) is 0 Å². The van der Waals surface area contributed by atoms with E-state index in [-0.39, 0.29) is 53.5 Å². The van der Waals surface area contributed by atoms with Crippen molar-refractivity contribution in [2.24, 2.45) is 5.92 Å². The number of aliphatic hydroxyl groups is 1. The number of rotatable bonds is 8. The number of carbonyl (C=O) groups excluding carboxylic acids is 2. The lowest BCUT2D eigenvalue weighted by molar-refractivity contribution is 0.0373. The Bertz CT molecular complexity index is 1810. The summed E-state index contributed by atoms with van der Waals surface area (Å²) in [5, 5.41) is 14.8. The van der Waals surface area contributed by atoms with Gasteiger partial charge in [-0.1, -0.05) is 49.4 Å². The normalized spacial score (nSPS) is 17.4. The Morgan fingerprint density at radius 1 is 1.04 bits per heavy atom. The van der Waals surface area contributed by atoms with E-state index >= 15 is 0 Å². The van der Waals surface area contributed by atoms with E-state index in [1.807, 2.05) is 49.4 Å². The summed E-state index contributed by atoms with van der Waals surface area (Å²) < 4.78 is 48.9. The molecule has 0 aliphatic carbocycles. The smallest absolute Gasteiger partial charge is 0.321 e. The highest BCUT2D eigenvalue weighted by molar-refractivity contribution is 7.92. The number of ether oxygens (including phenoxy) is 1. The molecule has 1 aliphatic heterocycles. The van der Waals surface area contributed by atoms with Crippen molar-refractivity contribution in [3.05, 3.63) is 96.3 Å². The number of fused-ring (bicyclic) bond motifs is 2. The van der Waals surface area contributed by atoms with Gasteiger partial charge in [-0.25, -0.2) is 17.6 Å². The molecule has 3 amide bonds. The van der Waals surface area contributed by atoms with E-state index in [4.69, 9.17) is 4.74 Å². The van der Waals surface area contributed by atoms with Gasteiger partial charge in [0.2, 0.25) is 0 Å². The Hall–Kier alpha value is -4.68. The number of nitrogens with one attached hydrogen (secondary N) is 2. The summed E-state index contributed by atoms with van der Waals surface area (Å²) in [4.78, 5) is 29.9. The zero-order valence-electron chi connectivity index (χ0n) is 25.1. The van der Waals surface area contributed by atoms with Crippen LogP contribution < -0.4 is 14.8 Å². The summed E-state index contributed by atoms with van der Waals surface area (Å²) in [7, 11) is -2.57. The third-order valence-corrected chi connectivity index (χ3v) is 9.27. The summed E-state index contributed by atoms with van der Waals surface area (Å²) in [5.74, 6) is -1.38. The standard InChI is InChI=1S/C33H35FN4O6S/c1-21-18-38(22(2)20-39)32(40)27-11-7-13-29(36-45(42,43)25-16-14-24(34)15-17-25)31(27)44-30(21)19-37(3)33(41)35-28-12-6-9-23-8-4-5-10-26(23)28/h4-17,21-22,30,36,39H,18-20H2,1-3H3,(H,35,41)/t21-,22-,30-/m1/s1. The molecule has 4 aromatic rings. The summed E-state index contributed by atoms with van der Waals surface area (Å²) in [6.07, 6.45) is -0.690. The number of carbonyl (C=O) groups is 2. The molecule has 0 bridgehead atoms. The number of benzene rings is 4. The van der Waals surface area contributed by atoms with E-state index in [0.717, 1.165) is 35.0 Å². The summed E-state index contributed by atoms with van der Waals surface area (Å²) in [5.41, 5.74) is 0.742. The number of sulfonamides is 1. The molecule has 0 radical (unpaired) electrons. The first-order valence-electron chi connectivity index (χ1n) is 14.5. The van der Waals surface area contributed by atoms with Gasteiger partial charge < -0.3 is 25.0 Å². The van der Waals surface area contributed by atoms with Gasteiger partial charge in [-0.2, -0.15) is 0 Å². The molecule has 0 fully saturated rings. The average Bonchev–Trinajstić information content (AvgIpc) is 3.02. The Labute approximate surface area is 261 Å². The highest BCUT2D eigenvalue weighted by Gasteiger charge is 2.35. The molecular formula is C33H35FN4O6S. The van der Waals surface area contributed by atoms with Crippen LogP contribution in [0.25, 0.3) is 10.8 Å². The first-order valence-corrected chi connectivity index (χ1v) is 16.0. The molecule has 1 aliphatic rings. The number of hydrogen-bond donors (Lipinski definition) is 3. The first kappa shape index (κ1) is 31.7. The Morgan fingerprint density at radius 3 is 2.44 bits per heavy atom. The SMILES string of the molecule is C[C@@H]1CN([C@H](C)CO)C(=O)c2cccc(NS(=O)(=O)c3ccc(F)cc3)c2O[C@@H]1CN(C)C(=O)Nc1cccc2ccccc12. The van der Waals surface area contributed by atoms with Crippen molar-refractivity contribution >= 4 is 44.1 Å². The van der Waals surface area contributed by atoms with Gasteiger partial charge in [0.15, 0.2) is 5.75 Å². The van der Waals surface area contributed by atoms with Crippen LogP contribution >= 0.6 is 0 Å². The van der Waals surface area contributed by atoms with Crippen LogP contribution in [0.15, 0.2) is 89.8 Å². The van der Waals surface area contributed by atoms with Crippen molar-refractivity contribution in [3.63, 3.8) is 0 Å². The number of amides is 3. The van der Waals surface area contributed by atoms with Gasteiger partial charge in [0, 0.05) is 24.9 Å². The van der Waals surface area contributed by atoms with E-state index in [9.17, 15) is 27.5 Å². The molecule has 4 aromatic carbocycles. The number of anilines is 2. The van der Waals surface area contributed by atoms with Gasteiger partial charge in [-0.05, 0) is 54.8 Å². The predicted molar refractivity (Wildman–Crippen MR) is 170 cm³/mol. The van der Waals surface area contributed by atoms with Gasteiger partial charge in [0.25, 0.3) is 15.9 Å². The minimum atomic E-state index is -4.19. The van der Waals surface area contributed by atoms with E-state index in [2.05, 4.69) is 10.0 Å². The van der Waals surface area contributed by atoms with Gasteiger partial charge in [-0.3, -0.25) is 9.52 Å². The van der Waals surface area contributed by atoms with Crippen molar-refractivity contribution in [1.29, 1.82) is 0 Å². The van der Waals surface area contributed by atoms with Crippen LogP contribution in [0.5, 0.6) is 5.75 Å². The average molecular weight is 635 g/mol. The summed E-state index contributed by atoms with van der Waals surface area (Å²) in [6.45, 7) is 3.60. The Morgan fingerprint density at radius 2 is 1.71 bits per heavy atom. The second-order valence-electron chi connectivity index (χ2n) is 11.2.